The molecule has 1 amide bonds. The number of benzene rings is 1. The Labute approximate surface area is 146 Å². The van der Waals surface area contributed by atoms with Crippen LogP contribution in [0.2, 0.25) is 0 Å². The third-order valence-corrected chi connectivity index (χ3v) is 5.30. The van der Waals surface area contributed by atoms with Crippen LogP contribution in [0.25, 0.3) is 5.57 Å². The van der Waals surface area contributed by atoms with Crippen LogP contribution < -0.4 is 10.2 Å². The molecule has 5 nitrogen and oxygen atoms in total. The Balaban J connectivity index is 1.40. The lowest BCUT2D eigenvalue weighted by atomic mass is 9.94. The Bertz CT molecular complexity index is 889. The van der Waals surface area contributed by atoms with Crippen LogP contribution >= 0.6 is 0 Å². The number of aliphatic imine (C=N–C) groups is 1. The van der Waals surface area contributed by atoms with Crippen LogP contribution in [-0.2, 0) is 11.2 Å². The van der Waals surface area contributed by atoms with E-state index in [1.165, 1.54) is 5.56 Å². The second-order valence-electron chi connectivity index (χ2n) is 6.81. The van der Waals surface area contributed by atoms with Gasteiger partial charge in [0, 0.05) is 36.6 Å². The Hall–Kier alpha value is -2.95. The number of rotatable bonds is 2. The average Bonchev–Trinajstić information content (AvgIpc) is 3.36. The molecule has 1 saturated heterocycles. The number of allylic oxidation sites excluding steroid dienone is 1. The van der Waals surface area contributed by atoms with Gasteiger partial charge in [0.25, 0.3) is 5.91 Å². The molecule has 4 heterocycles. The van der Waals surface area contributed by atoms with Crippen molar-refractivity contribution in [2.45, 2.75) is 18.4 Å². The van der Waals surface area contributed by atoms with E-state index in [1.54, 1.807) is 4.90 Å². The zero-order valence-electron chi connectivity index (χ0n) is 13.8. The highest BCUT2D eigenvalue weighted by Crippen LogP contribution is 2.40. The van der Waals surface area contributed by atoms with E-state index in [1.807, 2.05) is 42.7 Å². The molecule has 1 spiro atoms. The number of para-hydroxylation sites is 1. The number of hydrogen-bond acceptors (Lipinski definition) is 4. The smallest absolute Gasteiger partial charge is 0.254 e. The van der Waals surface area contributed by atoms with E-state index < -0.39 is 5.54 Å². The largest absolute Gasteiger partial charge is 0.371 e. The molecule has 0 aliphatic carbocycles. The molecular formula is C20H18N4O. The molecule has 1 atom stereocenters. The number of aromatic nitrogens is 1. The maximum absolute atomic E-state index is 13.1. The first-order valence-electron chi connectivity index (χ1n) is 8.60. The van der Waals surface area contributed by atoms with Crippen LogP contribution in [0, 0.1) is 0 Å². The molecule has 1 N–H and O–H groups in total. The molecule has 0 saturated carbocycles. The van der Waals surface area contributed by atoms with Gasteiger partial charge in [-0.25, -0.2) is 4.98 Å². The minimum atomic E-state index is -0.509. The quantitative estimate of drug-likeness (QED) is 0.921. The van der Waals surface area contributed by atoms with Gasteiger partial charge in [0.2, 0.25) is 0 Å². The van der Waals surface area contributed by atoms with Gasteiger partial charge in [-0.05, 0) is 35.8 Å². The lowest BCUT2D eigenvalue weighted by Crippen LogP contribution is -2.45. The van der Waals surface area contributed by atoms with Crippen molar-refractivity contribution in [3.8, 4) is 0 Å². The summed E-state index contributed by atoms with van der Waals surface area (Å²) in [7, 11) is 0. The summed E-state index contributed by atoms with van der Waals surface area (Å²) >= 11 is 0. The Morgan fingerprint density at radius 1 is 1.16 bits per heavy atom. The molecule has 1 fully saturated rings. The summed E-state index contributed by atoms with van der Waals surface area (Å²) in [6.07, 6.45) is 7.31. The fourth-order valence-electron chi connectivity index (χ4n) is 3.96. The van der Waals surface area contributed by atoms with Crippen molar-refractivity contribution in [3.63, 3.8) is 0 Å². The predicted molar refractivity (Wildman–Crippen MR) is 99.0 cm³/mol. The van der Waals surface area contributed by atoms with E-state index in [-0.39, 0.29) is 5.91 Å². The lowest BCUT2D eigenvalue weighted by Gasteiger charge is -2.23. The highest BCUT2D eigenvalue weighted by molar-refractivity contribution is 6.11. The molecule has 1 aromatic carbocycles. The number of carbonyl (C=O) groups is 1. The summed E-state index contributed by atoms with van der Waals surface area (Å²) in [5.41, 5.74) is 3.92. The van der Waals surface area contributed by atoms with Crippen molar-refractivity contribution in [1.82, 2.24) is 4.98 Å². The van der Waals surface area contributed by atoms with Crippen LogP contribution in [0.4, 0.5) is 11.5 Å². The fraction of sp³-hybridized carbons (Fsp3) is 0.250. The van der Waals surface area contributed by atoms with E-state index in [9.17, 15) is 4.79 Å². The van der Waals surface area contributed by atoms with Gasteiger partial charge in [0.15, 0.2) is 0 Å². The van der Waals surface area contributed by atoms with Crippen molar-refractivity contribution >= 4 is 29.2 Å². The van der Waals surface area contributed by atoms with Crippen LogP contribution in [0.15, 0.2) is 53.7 Å². The molecule has 2 aromatic rings. The van der Waals surface area contributed by atoms with Gasteiger partial charge in [-0.1, -0.05) is 24.3 Å². The number of pyridine rings is 1. The van der Waals surface area contributed by atoms with Gasteiger partial charge in [0.05, 0.1) is 6.54 Å². The van der Waals surface area contributed by atoms with Gasteiger partial charge in [-0.15, -0.1) is 0 Å². The van der Waals surface area contributed by atoms with Crippen LogP contribution in [-0.4, -0.2) is 35.7 Å². The first kappa shape index (κ1) is 14.4. The number of anilines is 2. The standard InChI is InChI=1S/C20H18N4O/c25-19-20(11-14-3-1-2-4-17(14)23-20)8-10-24(19)18-6-5-15(13-22-18)16-7-9-21-12-16/h1-7,12-13,23H,8-11H2. The summed E-state index contributed by atoms with van der Waals surface area (Å²) in [5.74, 6) is 0.838. The minimum Gasteiger partial charge on any atom is -0.371 e. The predicted octanol–water partition coefficient (Wildman–Crippen LogP) is 2.69. The molecule has 3 aliphatic heterocycles. The summed E-state index contributed by atoms with van der Waals surface area (Å²) in [5, 5.41) is 3.47. The highest BCUT2D eigenvalue weighted by atomic mass is 16.2. The number of nitrogens with one attached hydrogen (secondary N) is 1. The molecule has 3 aliphatic rings. The zero-order valence-corrected chi connectivity index (χ0v) is 13.8. The first-order chi connectivity index (χ1) is 12.3. The van der Waals surface area contributed by atoms with Gasteiger partial charge in [-0.3, -0.25) is 14.7 Å². The molecule has 25 heavy (non-hydrogen) atoms. The lowest BCUT2D eigenvalue weighted by molar-refractivity contribution is -0.120. The first-order valence-corrected chi connectivity index (χ1v) is 8.60. The van der Waals surface area contributed by atoms with E-state index in [0.29, 0.717) is 6.54 Å². The van der Waals surface area contributed by atoms with E-state index in [2.05, 4.69) is 27.4 Å². The molecule has 0 bridgehead atoms. The monoisotopic (exact) mass is 330 g/mol. The van der Waals surface area contributed by atoms with Gasteiger partial charge < -0.3 is 5.32 Å². The number of nitrogens with zero attached hydrogens (tertiary/aromatic N) is 3. The zero-order chi connectivity index (χ0) is 16.9. The topological polar surface area (TPSA) is 57.6 Å². The van der Waals surface area contributed by atoms with Crippen molar-refractivity contribution in [2.75, 3.05) is 23.3 Å². The summed E-state index contributed by atoms with van der Waals surface area (Å²) in [6.45, 7) is 1.42. The maximum Gasteiger partial charge on any atom is 0.254 e. The van der Waals surface area contributed by atoms with Crippen LogP contribution in [0.3, 0.4) is 0 Å². The number of amides is 1. The maximum atomic E-state index is 13.1. The van der Waals surface area contributed by atoms with Crippen molar-refractivity contribution < 1.29 is 4.79 Å². The van der Waals surface area contributed by atoms with Crippen molar-refractivity contribution in [2.24, 2.45) is 4.99 Å². The summed E-state index contributed by atoms with van der Waals surface area (Å²) in [4.78, 5) is 23.7. The SMILES string of the molecule is O=C1N(c2ccc(C3=CCN=C3)cn2)CCC12Cc1ccccc1N2. The average molecular weight is 330 g/mol. The Morgan fingerprint density at radius 2 is 2.08 bits per heavy atom. The van der Waals surface area contributed by atoms with E-state index >= 15 is 0 Å². The molecular weight excluding hydrogens is 312 g/mol. The molecule has 1 aromatic heterocycles. The van der Waals surface area contributed by atoms with Crippen LogP contribution in [0.1, 0.15) is 17.5 Å². The van der Waals surface area contributed by atoms with E-state index in [4.69, 9.17) is 0 Å². The molecule has 5 rings (SSSR count). The fourth-order valence-corrected chi connectivity index (χ4v) is 3.96. The minimum absolute atomic E-state index is 0.116. The molecule has 0 radical (unpaired) electrons. The molecule has 5 heteroatoms. The second kappa shape index (κ2) is 5.28. The Morgan fingerprint density at radius 3 is 2.84 bits per heavy atom. The van der Waals surface area contributed by atoms with Gasteiger partial charge in [0.1, 0.15) is 11.4 Å². The Kier molecular flexibility index (Phi) is 3.04. The van der Waals surface area contributed by atoms with Crippen molar-refractivity contribution in [3.05, 3.63) is 59.8 Å². The van der Waals surface area contributed by atoms with Gasteiger partial charge in [-0.2, -0.15) is 0 Å². The number of fused-ring (bicyclic) bond motifs is 1. The third kappa shape index (κ3) is 2.19. The molecule has 124 valence electrons. The summed E-state index contributed by atoms with van der Waals surface area (Å²) < 4.78 is 0. The van der Waals surface area contributed by atoms with Crippen molar-refractivity contribution in [1.29, 1.82) is 0 Å². The second-order valence-corrected chi connectivity index (χ2v) is 6.81. The van der Waals surface area contributed by atoms with Gasteiger partial charge >= 0.3 is 0 Å². The van der Waals surface area contributed by atoms with Crippen LogP contribution in [0.5, 0.6) is 0 Å². The third-order valence-electron chi connectivity index (χ3n) is 5.30. The normalized spacial score (nSPS) is 23.9. The number of carbonyl (C=O) groups excluding carboxylic acids is 1. The molecule has 1 unspecified atom stereocenters. The highest BCUT2D eigenvalue weighted by Gasteiger charge is 2.50. The van der Waals surface area contributed by atoms with E-state index in [0.717, 1.165) is 42.0 Å². The number of hydrogen-bond donors (Lipinski definition) is 1. The summed E-state index contributed by atoms with van der Waals surface area (Å²) in [6, 6.07) is 12.1.